The molecule has 0 radical (unpaired) electrons. The van der Waals surface area contributed by atoms with Crippen LogP contribution >= 0.6 is 0 Å². The Labute approximate surface area is 147 Å². The van der Waals surface area contributed by atoms with Gasteiger partial charge < -0.3 is 20.1 Å². The van der Waals surface area contributed by atoms with Gasteiger partial charge in [0.05, 0.1) is 31.1 Å². The molecule has 2 N–H and O–H groups in total. The number of amides is 2. The predicted octanol–water partition coefficient (Wildman–Crippen LogP) is 3.67. The largest absolute Gasteiger partial charge is 0.494 e. The van der Waals surface area contributed by atoms with Crippen LogP contribution in [-0.2, 0) is 4.74 Å². The van der Waals surface area contributed by atoms with Crippen LogP contribution in [0.1, 0.15) is 32.2 Å². The molecule has 2 aromatic rings. The van der Waals surface area contributed by atoms with Gasteiger partial charge in [-0.05, 0) is 37.1 Å². The number of nitrogens with zero attached hydrogens (tertiary/aromatic N) is 2. The van der Waals surface area contributed by atoms with Crippen LogP contribution in [0.5, 0.6) is 5.75 Å². The number of benzene rings is 1. The zero-order chi connectivity index (χ0) is 17.5. The minimum Gasteiger partial charge on any atom is -0.494 e. The molecule has 0 bridgehead atoms. The molecule has 1 atom stereocenters. The van der Waals surface area contributed by atoms with Crippen molar-refractivity contribution in [1.29, 1.82) is 0 Å². The van der Waals surface area contributed by atoms with Gasteiger partial charge >= 0.3 is 6.03 Å². The molecule has 1 aliphatic rings. The molecular formula is C18H24N4O3. The maximum absolute atomic E-state index is 12.1. The van der Waals surface area contributed by atoms with Crippen LogP contribution in [0.3, 0.4) is 0 Å². The van der Waals surface area contributed by atoms with Crippen molar-refractivity contribution in [3.8, 4) is 5.75 Å². The summed E-state index contributed by atoms with van der Waals surface area (Å²) in [7, 11) is 0. The summed E-state index contributed by atoms with van der Waals surface area (Å²) < 4.78 is 12.8. The fourth-order valence-electron chi connectivity index (χ4n) is 2.60. The summed E-state index contributed by atoms with van der Waals surface area (Å²) in [5, 5.41) is 9.86. The number of rotatable bonds is 7. The van der Waals surface area contributed by atoms with E-state index in [2.05, 4.69) is 22.7 Å². The average molecular weight is 344 g/mol. The van der Waals surface area contributed by atoms with Gasteiger partial charge in [0.2, 0.25) is 0 Å². The second kappa shape index (κ2) is 8.53. The Morgan fingerprint density at radius 2 is 2.12 bits per heavy atom. The molecule has 2 amide bonds. The summed E-state index contributed by atoms with van der Waals surface area (Å²) in [6, 6.07) is 7.29. The molecule has 0 aliphatic carbocycles. The van der Waals surface area contributed by atoms with Gasteiger partial charge in [-0.2, -0.15) is 5.10 Å². The van der Waals surface area contributed by atoms with E-state index in [9.17, 15) is 4.79 Å². The van der Waals surface area contributed by atoms with Crippen LogP contribution in [0.25, 0.3) is 0 Å². The van der Waals surface area contributed by atoms with E-state index in [1.807, 2.05) is 35.1 Å². The Morgan fingerprint density at radius 1 is 1.32 bits per heavy atom. The molecule has 1 unspecified atom stereocenters. The first-order valence-electron chi connectivity index (χ1n) is 8.67. The molecule has 7 heteroatoms. The van der Waals surface area contributed by atoms with E-state index >= 15 is 0 Å². The number of hydrogen-bond acceptors (Lipinski definition) is 4. The maximum atomic E-state index is 12.1. The van der Waals surface area contributed by atoms with Crippen molar-refractivity contribution in [2.45, 2.75) is 32.2 Å². The number of hydrogen-bond donors (Lipinski definition) is 2. The van der Waals surface area contributed by atoms with Gasteiger partial charge in [0.15, 0.2) is 0 Å². The quantitative estimate of drug-likeness (QED) is 0.751. The smallest absolute Gasteiger partial charge is 0.323 e. The van der Waals surface area contributed by atoms with Crippen molar-refractivity contribution >= 4 is 17.4 Å². The molecule has 1 saturated heterocycles. The number of ether oxygens (including phenoxy) is 2. The molecule has 1 aromatic heterocycles. The predicted molar refractivity (Wildman–Crippen MR) is 96.2 cm³/mol. The van der Waals surface area contributed by atoms with Crippen LogP contribution in [0.2, 0.25) is 0 Å². The monoisotopic (exact) mass is 344 g/mol. The lowest BCUT2D eigenvalue weighted by Gasteiger charge is -2.09. The van der Waals surface area contributed by atoms with Gasteiger partial charge in [-0.15, -0.1) is 0 Å². The molecule has 134 valence electrons. The number of carbonyl (C=O) groups excluding carboxylic acids is 1. The number of anilines is 2. The first-order chi connectivity index (χ1) is 12.2. The first kappa shape index (κ1) is 17.3. The zero-order valence-corrected chi connectivity index (χ0v) is 14.4. The van der Waals surface area contributed by atoms with Gasteiger partial charge in [-0.1, -0.05) is 13.3 Å². The van der Waals surface area contributed by atoms with Crippen LogP contribution in [0, 0.1) is 0 Å². The minimum absolute atomic E-state index is 0.249. The standard InChI is InChI=1S/C18H24N4O3/c1-2-3-9-25-17-6-4-14(5-7-17)20-18(23)21-15-11-19-22(12-15)16-8-10-24-13-16/h4-7,11-12,16H,2-3,8-10,13H2,1H3,(H2,20,21,23). The van der Waals surface area contributed by atoms with Crippen molar-refractivity contribution in [3.05, 3.63) is 36.7 Å². The molecule has 1 aromatic carbocycles. The van der Waals surface area contributed by atoms with E-state index < -0.39 is 0 Å². The Morgan fingerprint density at radius 3 is 2.84 bits per heavy atom. The normalized spacial score (nSPS) is 16.6. The second-order valence-electron chi connectivity index (χ2n) is 6.03. The van der Waals surface area contributed by atoms with Crippen molar-refractivity contribution in [2.75, 3.05) is 30.5 Å². The van der Waals surface area contributed by atoms with E-state index in [-0.39, 0.29) is 12.1 Å². The second-order valence-corrected chi connectivity index (χ2v) is 6.03. The van der Waals surface area contributed by atoms with Crippen LogP contribution in [-0.4, -0.2) is 35.6 Å². The number of carbonyl (C=O) groups is 1. The molecule has 3 rings (SSSR count). The highest BCUT2D eigenvalue weighted by Gasteiger charge is 2.18. The molecule has 2 heterocycles. The highest BCUT2D eigenvalue weighted by molar-refractivity contribution is 5.99. The van der Waals surface area contributed by atoms with Gasteiger partial charge in [-0.3, -0.25) is 4.68 Å². The fourth-order valence-corrected chi connectivity index (χ4v) is 2.60. The number of unbranched alkanes of at least 4 members (excludes halogenated alkanes) is 1. The molecule has 1 fully saturated rings. The summed E-state index contributed by atoms with van der Waals surface area (Å²) in [5.74, 6) is 0.805. The van der Waals surface area contributed by atoms with E-state index in [1.165, 1.54) is 0 Å². The van der Waals surface area contributed by atoms with Gasteiger partial charge in [-0.25, -0.2) is 4.79 Å². The fraction of sp³-hybridized carbons (Fsp3) is 0.444. The van der Waals surface area contributed by atoms with E-state index in [0.717, 1.165) is 31.6 Å². The molecule has 0 saturated carbocycles. The summed E-state index contributed by atoms with van der Waals surface area (Å²) in [4.78, 5) is 12.1. The summed E-state index contributed by atoms with van der Waals surface area (Å²) in [5.41, 5.74) is 1.36. The Bertz CT molecular complexity index is 678. The maximum Gasteiger partial charge on any atom is 0.323 e. The highest BCUT2D eigenvalue weighted by atomic mass is 16.5. The lowest BCUT2D eigenvalue weighted by Crippen LogP contribution is -2.19. The number of urea groups is 1. The Kier molecular flexibility index (Phi) is 5.90. The summed E-state index contributed by atoms with van der Waals surface area (Å²) >= 11 is 0. The molecule has 0 spiro atoms. The van der Waals surface area contributed by atoms with Gasteiger partial charge in [0, 0.05) is 18.5 Å². The molecule has 1 aliphatic heterocycles. The average Bonchev–Trinajstić information content (AvgIpc) is 3.28. The Hall–Kier alpha value is -2.54. The van der Waals surface area contributed by atoms with Crippen molar-refractivity contribution < 1.29 is 14.3 Å². The van der Waals surface area contributed by atoms with Gasteiger partial charge in [0.25, 0.3) is 0 Å². The van der Waals surface area contributed by atoms with Crippen molar-refractivity contribution in [3.63, 3.8) is 0 Å². The lowest BCUT2D eigenvalue weighted by molar-refractivity contribution is 0.184. The van der Waals surface area contributed by atoms with Crippen molar-refractivity contribution in [2.24, 2.45) is 0 Å². The third kappa shape index (κ3) is 4.96. The minimum atomic E-state index is -0.304. The zero-order valence-electron chi connectivity index (χ0n) is 14.4. The van der Waals surface area contributed by atoms with Crippen LogP contribution in [0.4, 0.5) is 16.2 Å². The third-order valence-electron chi connectivity index (χ3n) is 4.02. The van der Waals surface area contributed by atoms with E-state index in [0.29, 0.717) is 24.6 Å². The molecular weight excluding hydrogens is 320 g/mol. The van der Waals surface area contributed by atoms with Crippen LogP contribution in [0.15, 0.2) is 36.7 Å². The molecule has 7 nitrogen and oxygen atoms in total. The third-order valence-corrected chi connectivity index (χ3v) is 4.02. The number of aromatic nitrogens is 2. The van der Waals surface area contributed by atoms with Gasteiger partial charge in [0.1, 0.15) is 5.75 Å². The van der Waals surface area contributed by atoms with Crippen molar-refractivity contribution in [1.82, 2.24) is 9.78 Å². The SMILES string of the molecule is CCCCOc1ccc(NC(=O)Nc2cnn(C3CCOC3)c2)cc1. The summed E-state index contributed by atoms with van der Waals surface area (Å²) in [6.45, 7) is 4.26. The highest BCUT2D eigenvalue weighted by Crippen LogP contribution is 2.20. The Balaban J connectivity index is 1.48. The summed E-state index contributed by atoms with van der Waals surface area (Å²) in [6.07, 6.45) is 6.54. The van der Waals surface area contributed by atoms with Crippen LogP contribution < -0.4 is 15.4 Å². The first-order valence-corrected chi connectivity index (χ1v) is 8.67. The molecule has 25 heavy (non-hydrogen) atoms. The van der Waals surface area contributed by atoms with E-state index in [1.54, 1.807) is 6.20 Å². The number of nitrogens with one attached hydrogen (secondary N) is 2. The van der Waals surface area contributed by atoms with E-state index in [4.69, 9.17) is 9.47 Å². The topological polar surface area (TPSA) is 77.4 Å². The lowest BCUT2D eigenvalue weighted by atomic mass is 10.3.